The van der Waals surface area contributed by atoms with Gasteiger partial charge in [-0.3, -0.25) is 9.59 Å². The van der Waals surface area contributed by atoms with Gasteiger partial charge >= 0.3 is 0 Å². The first-order chi connectivity index (χ1) is 17.5. The molecule has 2 amide bonds. The molecule has 4 rings (SSSR count). The average Bonchev–Trinajstić information content (AvgIpc) is 3.42. The molecule has 1 fully saturated rings. The third kappa shape index (κ3) is 5.69. The first-order valence-electron chi connectivity index (χ1n) is 12.2. The molecule has 3 aromatic rings. The van der Waals surface area contributed by atoms with Crippen LogP contribution in [-0.4, -0.2) is 49.6 Å². The predicted molar refractivity (Wildman–Crippen MR) is 139 cm³/mol. The summed E-state index contributed by atoms with van der Waals surface area (Å²) < 4.78 is 10.6. The highest BCUT2D eigenvalue weighted by molar-refractivity contribution is 5.91. The molecule has 0 aromatic heterocycles. The summed E-state index contributed by atoms with van der Waals surface area (Å²) in [6.07, 6.45) is 1.36. The number of rotatable bonds is 9. The minimum atomic E-state index is -0.814. The largest absolute Gasteiger partial charge is 0.497 e. The maximum absolute atomic E-state index is 13.7. The van der Waals surface area contributed by atoms with E-state index >= 15 is 0 Å². The third-order valence-corrected chi connectivity index (χ3v) is 6.68. The van der Waals surface area contributed by atoms with Crippen LogP contribution in [0.5, 0.6) is 11.5 Å². The predicted octanol–water partition coefficient (Wildman–Crippen LogP) is 3.47. The molecule has 1 saturated heterocycles. The molecular weight excluding hydrogens is 454 g/mol. The molecule has 0 bridgehead atoms. The van der Waals surface area contributed by atoms with Gasteiger partial charge in [0.2, 0.25) is 11.8 Å². The van der Waals surface area contributed by atoms with E-state index in [4.69, 9.17) is 15.2 Å². The minimum absolute atomic E-state index is 0.189. The van der Waals surface area contributed by atoms with Crippen LogP contribution >= 0.6 is 0 Å². The van der Waals surface area contributed by atoms with Crippen molar-refractivity contribution in [1.82, 2.24) is 10.2 Å². The molecule has 2 unspecified atom stereocenters. The smallest absolute Gasteiger partial charge is 0.243 e. The Bertz CT molecular complexity index is 1110. The molecule has 2 atom stereocenters. The van der Waals surface area contributed by atoms with Gasteiger partial charge in [-0.2, -0.15) is 0 Å². The monoisotopic (exact) mass is 487 g/mol. The van der Waals surface area contributed by atoms with E-state index in [0.29, 0.717) is 31.0 Å². The molecule has 7 nitrogen and oxygen atoms in total. The van der Waals surface area contributed by atoms with Crippen molar-refractivity contribution < 1.29 is 19.1 Å². The van der Waals surface area contributed by atoms with Gasteiger partial charge in [-0.05, 0) is 41.7 Å². The van der Waals surface area contributed by atoms with Crippen molar-refractivity contribution in [1.29, 1.82) is 0 Å². The van der Waals surface area contributed by atoms with Gasteiger partial charge in [-0.25, -0.2) is 0 Å². The van der Waals surface area contributed by atoms with E-state index in [2.05, 4.69) is 5.32 Å². The second-order valence-electron chi connectivity index (χ2n) is 8.95. The van der Waals surface area contributed by atoms with Gasteiger partial charge in [0.05, 0.1) is 20.3 Å². The Balaban J connectivity index is 1.49. The lowest BCUT2D eigenvalue weighted by Gasteiger charge is -2.31. The number of hydrogen-bond donors (Lipinski definition) is 2. The number of nitrogens with one attached hydrogen (secondary N) is 1. The Hall–Kier alpha value is -3.84. The highest BCUT2D eigenvalue weighted by Gasteiger charge is 2.39. The van der Waals surface area contributed by atoms with Crippen molar-refractivity contribution in [2.24, 2.45) is 5.73 Å². The summed E-state index contributed by atoms with van der Waals surface area (Å²) in [5, 5.41) is 2.98. The molecular formula is C29H33N3O4. The number of hydrogen-bond acceptors (Lipinski definition) is 5. The Kier molecular flexibility index (Phi) is 8.23. The molecule has 36 heavy (non-hydrogen) atoms. The number of likely N-dealkylation sites (tertiary alicyclic amines) is 1. The summed E-state index contributed by atoms with van der Waals surface area (Å²) >= 11 is 0. The first kappa shape index (κ1) is 25.3. The highest BCUT2D eigenvalue weighted by atomic mass is 16.5. The Morgan fingerprint density at radius 2 is 1.50 bits per heavy atom. The zero-order chi connectivity index (χ0) is 25.5. The molecule has 0 spiro atoms. The van der Waals surface area contributed by atoms with Crippen molar-refractivity contribution in [3.8, 4) is 11.5 Å². The van der Waals surface area contributed by atoms with Crippen LogP contribution in [-0.2, 0) is 16.1 Å². The van der Waals surface area contributed by atoms with Gasteiger partial charge in [-0.1, -0.05) is 60.7 Å². The summed E-state index contributed by atoms with van der Waals surface area (Å²) in [6, 6.07) is 23.7. The van der Waals surface area contributed by atoms with E-state index < -0.39 is 12.1 Å². The number of ether oxygens (including phenoxy) is 2. The second kappa shape index (κ2) is 11.7. The van der Waals surface area contributed by atoms with Gasteiger partial charge < -0.3 is 25.4 Å². The molecule has 1 aliphatic heterocycles. The lowest BCUT2D eigenvalue weighted by molar-refractivity contribution is -0.139. The fourth-order valence-electron chi connectivity index (χ4n) is 4.84. The molecule has 188 valence electrons. The lowest BCUT2D eigenvalue weighted by Crippen LogP contribution is -2.52. The van der Waals surface area contributed by atoms with Gasteiger partial charge in [0.15, 0.2) is 0 Å². The lowest BCUT2D eigenvalue weighted by atomic mass is 9.84. The quantitative estimate of drug-likeness (QED) is 0.482. The van der Waals surface area contributed by atoms with Gasteiger partial charge in [-0.15, -0.1) is 0 Å². The van der Waals surface area contributed by atoms with Crippen molar-refractivity contribution >= 4 is 11.8 Å². The number of methoxy groups -OCH3 is 2. The van der Waals surface area contributed by atoms with Crippen LogP contribution < -0.4 is 20.5 Å². The maximum atomic E-state index is 13.7. The molecule has 0 aliphatic carbocycles. The number of benzene rings is 3. The van der Waals surface area contributed by atoms with Crippen LogP contribution in [0.2, 0.25) is 0 Å². The Labute approximate surface area is 212 Å². The molecule has 1 aliphatic rings. The summed E-state index contributed by atoms with van der Waals surface area (Å²) in [7, 11) is 3.17. The van der Waals surface area contributed by atoms with Crippen molar-refractivity contribution in [3.05, 3.63) is 95.6 Å². The van der Waals surface area contributed by atoms with Crippen LogP contribution in [0.25, 0.3) is 0 Å². The molecule has 3 N–H and O–H groups in total. The van der Waals surface area contributed by atoms with E-state index in [1.807, 2.05) is 72.8 Å². The van der Waals surface area contributed by atoms with E-state index in [1.165, 1.54) is 0 Å². The second-order valence-corrected chi connectivity index (χ2v) is 8.95. The van der Waals surface area contributed by atoms with Crippen LogP contribution in [0.3, 0.4) is 0 Å². The fraction of sp³-hybridized carbons (Fsp3) is 0.310. The maximum Gasteiger partial charge on any atom is 0.243 e. The summed E-state index contributed by atoms with van der Waals surface area (Å²) in [5.41, 5.74) is 9.43. The average molecular weight is 488 g/mol. The Morgan fingerprint density at radius 1 is 0.944 bits per heavy atom. The zero-order valence-electron chi connectivity index (χ0n) is 20.7. The molecule has 7 heteroatoms. The third-order valence-electron chi connectivity index (χ3n) is 6.68. The number of carbonyl (C=O) groups excluding carboxylic acids is 2. The van der Waals surface area contributed by atoms with Gasteiger partial charge in [0.1, 0.15) is 17.5 Å². The van der Waals surface area contributed by atoms with Crippen LogP contribution in [0.15, 0.2) is 78.9 Å². The van der Waals surface area contributed by atoms with Crippen LogP contribution in [0.1, 0.15) is 35.4 Å². The van der Waals surface area contributed by atoms with Crippen LogP contribution in [0.4, 0.5) is 0 Å². The standard InChI is InChI=1S/C29H33N3O4/c1-35-23-16-20(17-24(18-23)36-2)19-31-28(33)25-14-9-15-32(25)29(34)27(30)26(21-10-5-3-6-11-21)22-12-7-4-8-13-22/h3-8,10-13,16-18,25-27H,9,14-15,19,30H2,1-2H3,(H,31,33). The van der Waals surface area contributed by atoms with Crippen molar-refractivity contribution in [3.63, 3.8) is 0 Å². The number of carbonyl (C=O) groups is 2. The fourth-order valence-corrected chi connectivity index (χ4v) is 4.84. The Morgan fingerprint density at radius 3 is 2.03 bits per heavy atom. The van der Waals surface area contributed by atoms with E-state index in [-0.39, 0.29) is 17.7 Å². The number of nitrogens with zero attached hydrogens (tertiary/aromatic N) is 1. The van der Waals surface area contributed by atoms with Crippen LogP contribution in [0, 0.1) is 0 Å². The van der Waals surface area contributed by atoms with Crippen molar-refractivity contribution in [2.75, 3.05) is 20.8 Å². The molecule has 0 radical (unpaired) electrons. The van der Waals surface area contributed by atoms with Gasteiger partial charge in [0, 0.05) is 25.1 Å². The summed E-state index contributed by atoms with van der Waals surface area (Å²) in [6.45, 7) is 0.807. The van der Waals surface area contributed by atoms with E-state index in [0.717, 1.165) is 23.1 Å². The van der Waals surface area contributed by atoms with Gasteiger partial charge in [0.25, 0.3) is 0 Å². The molecule has 1 heterocycles. The number of nitrogens with two attached hydrogens (primary N) is 1. The molecule has 0 saturated carbocycles. The van der Waals surface area contributed by atoms with E-state index in [9.17, 15) is 9.59 Å². The topological polar surface area (TPSA) is 93.9 Å². The normalized spacial score (nSPS) is 16.0. The first-order valence-corrected chi connectivity index (χ1v) is 12.2. The summed E-state index contributed by atoms with van der Waals surface area (Å²) in [5.74, 6) is 0.581. The van der Waals surface area contributed by atoms with E-state index in [1.54, 1.807) is 25.2 Å². The zero-order valence-corrected chi connectivity index (χ0v) is 20.7. The highest BCUT2D eigenvalue weighted by Crippen LogP contribution is 2.30. The summed E-state index contributed by atoms with van der Waals surface area (Å²) in [4.78, 5) is 28.5. The van der Waals surface area contributed by atoms with Crippen molar-refractivity contribution in [2.45, 2.75) is 37.4 Å². The number of amides is 2. The SMILES string of the molecule is COc1cc(CNC(=O)C2CCCN2C(=O)C(N)C(c2ccccc2)c2ccccc2)cc(OC)c1. The molecule has 3 aromatic carbocycles. The minimum Gasteiger partial charge on any atom is -0.497 e.